The molecule has 2 nitrogen and oxygen atoms in total. The first-order chi connectivity index (χ1) is 5.47. The Kier molecular flexibility index (Phi) is 27.5. The van der Waals surface area contributed by atoms with E-state index in [9.17, 15) is 0 Å². The average molecular weight is 429 g/mol. The molecule has 0 aliphatic heterocycles. The second-order valence-electron chi connectivity index (χ2n) is 1.86. The fourth-order valence-corrected chi connectivity index (χ4v) is 0.836. The molecule has 1 heterocycles. The summed E-state index contributed by atoms with van der Waals surface area (Å²) in [6, 6.07) is 7.80. The predicted octanol–water partition coefficient (Wildman–Crippen LogP) is 2.66. The summed E-state index contributed by atoms with van der Waals surface area (Å²) in [4.78, 5) is 8.02. The number of hydrogen-bond acceptors (Lipinski definition) is 1. The molecule has 0 unspecified atom stereocenters. The van der Waals surface area contributed by atoms with E-state index >= 15 is 0 Å². The van der Waals surface area contributed by atoms with Crippen molar-refractivity contribution in [2.75, 3.05) is 0 Å². The van der Waals surface area contributed by atoms with E-state index in [1.807, 2.05) is 38.1 Å². The van der Waals surface area contributed by atoms with Crippen LogP contribution in [0.25, 0.3) is 11.0 Å². The van der Waals surface area contributed by atoms with Crippen LogP contribution in [0.5, 0.6) is 0 Å². The third kappa shape index (κ3) is 8.69. The van der Waals surface area contributed by atoms with Crippen LogP contribution >= 0.6 is 0 Å². The minimum absolute atomic E-state index is 0. The van der Waals surface area contributed by atoms with E-state index in [-0.39, 0.29) is 106 Å². The number of para-hydroxylation sites is 2. The van der Waals surface area contributed by atoms with Crippen LogP contribution in [0.4, 0.5) is 0 Å². The van der Waals surface area contributed by atoms with Gasteiger partial charge in [-0.25, -0.2) is 0 Å². The molecule has 0 aliphatic rings. The molecule has 0 fully saturated rings. The van der Waals surface area contributed by atoms with Gasteiger partial charge in [0.1, 0.15) is 0 Å². The third-order valence-electron chi connectivity index (χ3n) is 1.28. The molecule has 0 amide bonds. The van der Waals surface area contributed by atoms with Crippen molar-refractivity contribution in [1.82, 2.24) is 9.97 Å². The first-order valence-electron chi connectivity index (χ1n) is 3.79. The second kappa shape index (κ2) is 16.0. The van der Waals surface area contributed by atoms with Crippen molar-refractivity contribution in [3.8, 4) is 0 Å². The first kappa shape index (κ1) is 25.8. The maximum atomic E-state index is 4.01. The Morgan fingerprint density at radius 3 is 2.07 bits per heavy atom. The van der Waals surface area contributed by atoms with Crippen LogP contribution in [0, 0.1) is 7.43 Å². The largest absolute Gasteiger partial charge is 0.443 e. The van der Waals surface area contributed by atoms with Crippen LogP contribution in [-0.4, -0.2) is 4.98 Å². The Labute approximate surface area is 168 Å². The molecule has 0 saturated carbocycles. The molecule has 0 N–H and O–H groups in total. The molecule has 15 heavy (non-hydrogen) atoms. The summed E-state index contributed by atoms with van der Waals surface area (Å²) in [5.41, 5.74) is 1.94. The molecule has 0 spiro atoms. The van der Waals surface area contributed by atoms with E-state index in [0.29, 0.717) is 0 Å². The Hall–Kier alpha value is 2.00. The topological polar surface area (TPSA) is 27.0 Å². The fourth-order valence-electron chi connectivity index (χ4n) is 0.836. The average Bonchev–Trinajstić information content (AvgIpc) is 2.55. The van der Waals surface area contributed by atoms with Crippen molar-refractivity contribution in [3.05, 3.63) is 38.0 Å². The zero-order valence-electron chi connectivity index (χ0n) is 9.51. The monoisotopic (exact) mass is 429 g/mol. The minimum Gasteiger partial charge on any atom is -0.443 e. The number of aromatic nitrogens is 2. The van der Waals surface area contributed by atoms with Crippen molar-refractivity contribution in [3.63, 3.8) is 0 Å². The molecular weight excluding hydrogens is 415 g/mol. The van der Waals surface area contributed by atoms with Crippen LogP contribution < -0.4 is 4.98 Å². The summed E-state index contributed by atoms with van der Waals surface area (Å²) >= 11 is 0. The van der Waals surface area contributed by atoms with Gasteiger partial charge < -0.3 is 17.4 Å². The summed E-state index contributed by atoms with van der Waals surface area (Å²) < 4.78 is 0. The van der Waals surface area contributed by atoms with Crippen molar-refractivity contribution in [1.29, 1.82) is 0 Å². The summed E-state index contributed by atoms with van der Waals surface area (Å²) in [6.07, 6.45) is 1.57. The Bertz CT molecular complexity index is 293. The van der Waals surface area contributed by atoms with Crippen molar-refractivity contribution in [2.45, 2.75) is 13.8 Å². The molecule has 1 aromatic carbocycles. The quantitative estimate of drug-likeness (QED) is 0.603. The Balaban J connectivity index is -0.0000000959. The van der Waals surface area contributed by atoms with Gasteiger partial charge >= 0.3 is 0 Å². The molecular formula is C10H14N2Y3-2. The maximum Gasteiger partial charge on any atom is 0 e. The zero-order valence-corrected chi connectivity index (χ0v) is 18.0. The van der Waals surface area contributed by atoms with Gasteiger partial charge in [-0.15, -0.1) is 0 Å². The van der Waals surface area contributed by atoms with Crippen LogP contribution in [0.1, 0.15) is 13.8 Å². The van der Waals surface area contributed by atoms with Gasteiger partial charge in [0.25, 0.3) is 0 Å². The number of hydrogen-bond donors (Lipinski definition) is 0. The van der Waals surface area contributed by atoms with Crippen molar-refractivity contribution < 1.29 is 98.1 Å². The van der Waals surface area contributed by atoms with Crippen LogP contribution in [-0.2, 0) is 98.1 Å². The number of benzene rings is 1. The van der Waals surface area contributed by atoms with Crippen molar-refractivity contribution in [2.24, 2.45) is 0 Å². The van der Waals surface area contributed by atoms with Gasteiger partial charge in [0.05, 0.1) is 0 Å². The second-order valence-corrected chi connectivity index (χ2v) is 1.86. The van der Waals surface area contributed by atoms with Crippen LogP contribution in [0.3, 0.4) is 0 Å². The summed E-state index contributed by atoms with van der Waals surface area (Å²) in [5.74, 6) is 0. The Morgan fingerprint density at radius 1 is 1.00 bits per heavy atom. The van der Waals surface area contributed by atoms with Gasteiger partial charge in [-0.3, -0.25) is 0 Å². The van der Waals surface area contributed by atoms with Gasteiger partial charge in [-0.2, -0.15) is 0 Å². The molecule has 3 radical (unpaired) electrons. The number of imidazole rings is 1. The van der Waals surface area contributed by atoms with E-state index in [4.69, 9.17) is 0 Å². The standard InChI is InChI=1S/C7H5N2.C2H6.CH3.3Y/c1-2-4-7-6(3-1)8-5-9-7;1-2;;;;/h1-5H;1-2H3;1H3;;;/q-1;;-1;;;. The van der Waals surface area contributed by atoms with Gasteiger partial charge in [0, 0.05) is 98.1 Å². The third-order valence-corrected chi connectivity index (χ3v) is 1.28. The molecule has 0 atom stereocenters. The normalized spacial score (nSPS) is 6.53. The summed E-state index contributed by atoms with van der Waals surface area (Å²) in [5, 5.41) is 0. The zero-order chi connectivity index (χ0) is 8.10. The Morgan fingerprint density at radius 2 is 1.53 bits per heavy atom. The van der Waals surface area contributed by atoms with Crippen LogP contribution in [0.15, 0.2) is 30.6 Å². The van der Waals surface area contributed by atoms with E-state index in [0.717, 1.165) is 11.0 Å². The molecule has 5 heteroatoms. The van der Waals surface area contributed by atoms with E-state index in [1.54, 1.807) is 6.33 Å². The first-order valence-corrected chi connectivity index (χ1v) is 3.79. The summed E-state index contributed by atoms with van der Waals surface area (Å²) in [7, 11) is 0. The molecule has 0 aliphatic carbocycles. The van der Waals surface area contributed by atoms with E-state index in [1.165, 1.54) is 0 Å². The molecule has 2 aromatic rings. The molecule has 0 saturated heterocycles. The molecule has 2 rings (SSSR count). The van der Waals surface area contributed by atoms with Gasteiger partial charge in [-0.05, 0) is 11.0 Å². The number of fused-ring (bicyclic) bond motifs is 1. The summed E-state index contributed by atoms with van der Waals surface area (Å²) in [6.45, 7) is 4.00. The van der Waals surface area contributed by atoms with E-state index < -0.39 is 0 Å². The smallest absolute Gasteiger partial charge is 0 e. The molecule has 0 bridgehead atoms. The molecule has 1 aromatic heterocycles. The minimum atomic E-state index is 0. The number of rotatable bonds is 0. The van der Waals surface area contributed by atoms with Crippen molar-refractivity contribution >= 4 is 11.0 Å². The number of nitrogens with zero attached hydrogens (tertiary/aromatic N) is 2. The molecule has 75 valence electrons. The SMILES string of the molecule is CC.[CH3-].[Y].[Y].[Y].c1ccc2[n-]cnc2c1. The maximum absolute atomic E-state index is 4.01. The predicted molar refractivity (Wildman–Crippen MR) is 52.8 cm³/mol. The van der Waals surface area contributed by atoms with Gasteiger partial charge in [0.15, 0.2) is 0 Å². The van der Waals surface area contributed by atoms with E-state index in [2.05, 4.69) is 9.97 Å². The van der Waals surface area contributed by atoms with Gasteiger partial charge in [-0.1, -0.05) is 44.4 Å². The fraction of sp³-hybridized carbons (Fsp3) is 0.200. The van der Waals surface area contributed by atoms with Gasteiger partial charge in [0.2, 0.25) is 0 Å². The van der Waals surface area contributed by atoms with Crippen LogP contribution in [0.2, 0.25) is 0 Å².